The minimum atomic E-state index is -0.0790. The largest absolute Gasteiger partial charge is 0.383 e. The van der Waals surface area contributed by atoms with E-state index in [1.165, 1.54) is 0 Å². The number of urea groups is 1. The number of rotatable bonds is 7. The fourth-order valence-electron chi connectivity index (χ4n) is 2.43. The van der Waals surface area contributed by atoms with Gasteiger partial charge in [0.25, 0.3) is 0 Å². The molecule has 0 aliphatic carbocycles. The number of hydrogen-bond donors (Lipinski definition) is 1. The number of carbonyl (C=O) groups excluding carboxylic acids is 1. The van der Waals surface area contributed by atoms with Crippen molar-refractivity contribution in [2.45, 2.75) is 19.5 Å². The summed E-state index contributed by atoms with van der Waals surface area (Å²) in [5.74, 6) is 0.922. The number of benzene rings is 1. The van der Waals surface area contributed by atoms with Crippen LogP contribution in [0.5, 0.6) is 0 Å². The number of hydrogen-bond acceptors (Lipinski definition) is 3. The van der Waals surface area contributed by atoms with Crippen molar-refractivity contribution in [1.29, 1.82) is 0 Å². The smallest absolute Gasteiger partial charge is 0.321 e. The van der Waals surface area contributed by atoms with Crippen LogP contribution in [0.25, 0.3) is 10.9 Å². The van der Waals surface area contributed by atoms with Gasteiger partial charge < -0.3 is 19.5 Å². The average Bonchev–Trinajstić information content (AvgIpc) is 2.94. The van der Waals surface area contributed by atoms with E-state index in [1.54, 1.807) is 23.8 Å². The van der Waals surface area contributed by atoms with Crippen molar-refractivity contribution in [2.24, 2.45) is 0 Å². The van der Waals surface area contributed by atoms with Crippen LogP contribution in [0, 0.1) is 0 Å². The van der Waals surface area contributed by atoms with Gasteiger partial charge in [-0.25, -0.2) is 4.79 Å². The van der Waals surface area contributed by atoms with Gasteiger partial charge in [-0.15, -0.1) is 0 Å². The number of thioether (sulfide) groups is 1. The van der Waals surface area contributed by atoms with Crippen molar-refractivity contribution in [3.63, 3.8) is 0 Å². The lowest BCUT2D eigenvalue weighted by Gasteiger charge is -2.24. The second kappa shape index (κ2) is 8.26. The summed E-state index contributed by atoms with van der Waals surface area (Å²) in [6.07, 6.45) is 4.09. The van der Waals surface area contributed by atoms with Crippen LogP contribution in [0.1, 0.15) is 6.92 Å². The van der Waals surface area contributed by atoms with Gasteiger partial charge >= 0.3 is 6.03 Å². The molecule has 0 spiro atoms. The summed E-state index contributed by atoms with van der Waals surface area (Å²) in [4.78, 5) is 14.0. The van der Waals surface area contributed by atoms with Gasteiger partial charge in [-0.2, -0.15) is 11.8 Å². The van der Waals surface area contributed by atoms with Crippen LogP contribution in [0.15, 0.2) is 30.5 Å². The van der Waals surface area contributed by atoms with E-state index in [0.29, 0.717) is 6.61 Å². The van der Waals surface area contributed by atoms with Crippen molar-refractivity contribution >= 4 is 34.4 Å². The summed E-state index contributed by atoms with van der Waals surface area (Å²) in [5.41, 5.74) is 1.96. The SMILES string of the molecule is COCCn1ccc2cc(NC(=O)N(C)[C@@H](C)CSC)ccc21. The minimum Gasteiger partial charge on any atom is -0.383 e. The van der Waals surface area contributed by atoms with Crippen LogP contribution in [-0.2, 0) is 11.3 Å². The number of carbonyl (C=O) groups is 1. The predicted molar refractivity (Wildman–Crippen MR) is 98.4 cm³/mol. The number of nitrogens with zero attached hydrogens (tertiary/aromatic N) is 2. The standard InChI is InChI=1S/C17H25N3O2S/c1-13(12-23-4)19(2)17(21)18-15-5-6-16-14(11-15)7-8-20(16)9-10-22-3/h5-8,11,13H,9-10,12H2,1-4H3,(H,18,21)/t13-/m0/s1. The van der Waals surface area contributed by atoms with E-state index in [2.05, 4.69) is 22.9 Å². The lowest BCUT2D eigenvalue weighted by molar-refractivity contribution is 0.188. The van der Waals surface area contributed by atoms with Gasteiger partial charge in [0, 0.05) is 55.3 Å². The van der Waals surface area contributed by atoms with E-state index in [0.717, 1.165) is 28.9 Å². The van der Waals surface area contributed by atoms with Crippen molar-refractivity contribution in [3.8, 4) is 0 Å². The fraction of sp³-hybridized carbons (Fsp3) is 0.471. The van der Waals surface area contributed by atoms with Gasteiger partial charge in [-0.3, -0.25) is 0 Å². The minimum absolute atomic E-state index is 0.0790. The van der Waals surface area contributed by atoms with Gasteiger partial charge in [-0.1, -0.05) is 0 Å². The number of fused-ring (bicyclic) bond motifs is 1. The highest BCUT2D eigenvalue weighted by Gasteiger charge is 2.15. The lowest BCUT2D eigenvalue weighted by atomic mass is 10.2. The Kier molecular flexibility index (Phi) is 6.36. The molecule has 1 N–H and O–H groups in total. The Morgan fingerprint density at radius 3 is 2.91 bits per heavy atom. The molecule has 0 bridgehead atoms. The zero-order valence-electron chi connectivity index (χ0n) is 14.2. The van der Waals surface area contributed by atoms with Crippen LogP contribution in [0.3, 0.4) is 0 Å². The second-order valence-electron chi connectivity index (χ2n) is 5.62. The zero-order valence-corrected chi connectivity index (χ0v) is 15.0. The summed E-state index contributed by atoms with van der Waals surface area (Å²) in [5, 5.41) is 4.08. The number of ether oxygens (including phenoxy) is 1. The molecule has 0 aliphatic rings. The maximum atomic E-state index is 12.3. The first-order valence-electron chi connectivity index (χ1n) is 7.67. The maximum Gasteiger partial charge on any atom is 0.321 e. The first-order valence-corrected chi connectivity index (χ1v) is 9.06. The Bertz CT molecular complexity index is 656. The average molecular weight is 335 g/mol. The van der Waals surface area contributed by atoms with Gasteiger partial charge in [-0.05, 0) is 37.4 Å². The normalized spacial score (nSPS) is 12.3. The lowest BCUT2D eigenvalue weighted by Crippen LogP contribution is -2.39. The molecule has 0 aliphatic heterocycles. The number of anilines is 1. The van der Waals surface area contributed by atoms with E-state index in [1.807, 2.05) is 37.7 Å². The van der Waals surface area contributed by atoms with Crippen molar-refractivity contribution in [1.82, 2.24) is 9.47 Å². The first kappa shape index (κ1) is 17.7. The summed E-state index contributed by atoms with van der Waals surface area (Å²) in [6.45, 7) is 3.55. The van der Waals surface area contributed by atoms with Crippen LogP contribution in [0.4, 0.5) is 10.5 Å². The Balaban J connectivity index is 2.07. The number of aromatic nitrogens is 1. The Morgan fingerprint density at radius 2 is 2.22 bits per heavy atom. The highest BCUT2D eigenvalue weighted by atomic mass is 32.2. The van der Waals surface area contributed by atoms with E-state index in [-0.39, 0.29) is 12.1 Å². The molecule has 2 aromatic rings. The van der Waals surface area contributed by atoms with E-state index < -0.39 is 0 Å². The molecule has 2 rings (SSSR count). The molecular weight excluding hydrogens is 310 g/mol. The van der Waals surface area contributed by atoms with Crippen molar-refractivity contribution in [2.75, 3.05) is 38.1 Å². The third-order valence-electron chi connectivity index (χ3n) is 3.95. The number of amides is 2. The number of nitrogens with one attached hydrogen (secondary N) is 1. The van der Waals surface area contributed by atoms with Crippen molar-refractivity contribution in [3.05, 3.63) is 30.5 Å². The number of methoxy groups -OCH3 is 1. The van der Waals surface area contributed by atoms with Gasteiger partial charge in [0.1, 0.15) is 0 Å². The molecule has 0 saturated carbocycles. The summed E-state index contributed by atoms with van der Waals surface area (Å²) in [7, 11) is 3.53. The summed E-state index contributed by atoms with van der Waals surface area (Å²) < 4.78 is 7.27. The van der Waals surface area contributed by atoms with Crippen LogP contribution in [0.2, 0.25) is 0 Å². The zero-order chi connectivity index (χ0) is 16.8. The molecule has 23 heavy (non-hydrogen) atoms. The van der Waals surface area contributed by atoms with Gasteiger partial charge in [0.2, 0.25) is 0 Å². The van der Waals surface area contributed by atoms with Crippen LogP contribution >= 0.6 is 11.8 Å². The fourth-order valence-corrected chi connectivity index (χ4v) is 3.13. The molecule has 0 radical (unpaired) electrons. The van der Waals surface area contributed by atoms with E-state index in [9.17, 15) is 4.79 Å². The molecule has 1 aromatic heterocycles. The molecule has 1 aromatic carbocycles. The van der Waals surface area contributed by atoms with Crippen molar-refractivity contribution < 1.29 is 9.53 Å². The summed E-state index contributed by atoms with van der Waals surface area (Å²) in [6, 6.07) is 8.15. The highest BCUT2D eigenvalue weighted by Crippen LogP contribution is 2.21. The molecule has 6 heteroatoms. The van der Waals surface area contributed by atoms with Gasteiger partial charge in [0.05, 0.1) is 6.61 Å². The molecule has 0 saturated heterocycles. The molecule has 1 atom stereocenters. The molecule has 5 nitrogen and oxygen atoms in total. The van der Waals surface area contributed by atoms with Crippen LogP contribution in [-0.4, -0.2) is 54.3 Å². The van der Waals surface area contributed by atoms with Gasteiger partial charge in [0.15, 0.2) is 0 Å². The molecular formula is C17H25N3O2S. The Morgan fingerprint density at radius 1 is 1.43 bits per heavy atom. The van der Waals surface area contributed by atoms with E-state index >= 15 is 0 Å². The predicted octanol–water partition coefficient (Wildman–Crippen LogP) is 3.50. The van der Waals surface area contributed by atoms with Crippen LogP contribution < -0.4 is 5.32 Å². The topological polar surface area (TPSA) is 46.5 Å². The quantitative estimate of drug-likeness (QED) is 0.842. The Hall–Kier alpha value is -1.66. The molecule has 2 amide bonds. The monoisotopic (exact) mass is 335 g/mol. The molecule has 1 heterocycles. The molecule has 0 unspecified atom stereocenters. The second-order valence-corrected chi connectivity index (χ2v) is 6.53. The molecule has 126 valence electrons. The van der Waals surface area contributed by atoms with E-state index in [4.69, 9.17) is 4.74 Å². The third kappa shape index (κ3) is 4.42. The third-order valence-corrected chi connectivity index (χ3v) is 4.76. The molecule has 0 fully saturated rings. The highest BCUT2D eigenvalue weighted by molar-refractivity contribution is 7.98. The Labute approximate surface area is 142 Å². The first-order chi connectivity index (χ1) is 11.1. The summed E-state index contributed by atoms with van der Waals surface area (Å²) >= 11 is 1.74. The maximum absolute atomic E-state index is 12.3.